The molecule has 2 unspecified atom stereocenters. The highest BCUT2D eigenvalue weighted by Gasteiger charge is 2.19. The fraction of sp³-hybridized carbons (Fsp3) is 0.917. The van der Waals surface area contributed by atoms with Gasteiger partial charge in [0.05, 0.1) is 12.5 Å². The van der Waals surface area contributed by atoms with Gasteiger partial charge in [-0.05, 0) is 19.3 Å². The zero-order valence-corrected chi connectivity index (χ0v) is 11.3. The lowest BCUT2D eigenvalue weighted by molar-refractivity contribution is -0.149. The van der Waals surface area contributed by atoms with Crippen molar-refractivity contribution in [2.24, 2.45) is 5.92 Å². The van der Waals surface area contributed by atoms with E-state index in [9.17, 15) is 4.79 Å². The van der Waals surface area contributed by atoms with Gasteiger partial charge in [0.25, 0.3) is 0 Å². The molecule has 0 radical (unpaired) electrons. The van der Waals surface area contributed by atoms with Gasteiger partial charge in [-0.25, -0.2) is 0 Å². The Morgan fingerprint density at radius 3 is 2.81 bits per heavy atom. The molecule has 0 amide bonds. The van der Waals surface area contributed by atoms with E-state index in [2.05, 4.69) is 19.2 Å². The number of carbonyl (C=O) groups excluding carboxylic acids is 1. The van der Waals surface area contributed by atoms with Crippen LogP contribution in [-0.2, 0) is 9.53 Å². The van der Waals surface area contributed by atoms with Crippen LogP contribution < -0.4 is 5.32 Å². The van der Waals surface area contributed by atoms with Crippen molar-refractivity contribution >= 4 is 17.7 Å². The van der Waals surface area contributed by atoms with Crippen LogP contribution >= 0.6 is 11.8 Å². The summed E-state index contributed by atoms with van der Waals surface area (Å²) in [5.41, 5.74) is 0. The van der Waals surface area contributed by atoms with Crippen molar-refractivity contribution in [1.82, 2.24) is 5.32 Å². The molecule has 2 atom stereocenters. The molecule has 0 saturated carbocycles. The van der Waals surface area contributed by atoms with Gasteiger partial charge in [-0.15, -0.1) is 0 Å². The van der Waals surface area contributed by atoms with E-state index in [1.807, 2.05) is 18.7 Å². The van der Waals surface area contributed by atoms with Gasteiger partial charge in [0.1, 0.15) is 0 Å². The van der Waals surface area contributed by atoms with E-state index in [1.54, 1.807) is 0 Å². The summed E-state index contributed by atoms with van der Waals surface area (Å²) in [6.45, 7) is 7.26. The number of ether oxygens (including phenoxy) is 1. The van der Waals surface area contributed by atoms with Gasteiger partial charge in [-0.2, -0.15) is 11.8 Å². The molecule has 0 aromatic rings. The van der Waals surface area contributed by atoms with Gasteiger partial charge in [0.2, 0.25) is 0 Å². The molecular formula is C12H23NO2S. The first-order chi connectivity index (χ1) is 7.58. The Morgan fingerprint density at radius 1 is 1.50 bits per heavy atom. The molecule has 1 fully saturated rings. The molecule has 0 spiro atoms. The predicted molar refractivity (Wildman–Crippen MR) is 68.7 cm³/mol. The Bertz CT molecular complexity index is 215. The summed E-state index contributed by atoms with van der Waals surface area (Å²) in [7, 11) is 0. The molecule has 0 aromatic carbocycles. The molecule has 4 heteroatoms. The van der Waals surface area contributed by atoms with Crippen LogP contribution in [-0.4, -0.2) is 36.2 Å². The maximum atomic E-state index is 11.6. The van der Waals surface area contributed by atoms with Crippen molar-refractivity contribution in [2.45, 2.75) is 45.8 Å². The van der Waals surface area contributed by atoms with E-state index in [-0.39, 0.29) is 12.1 Å². The van der Waals surface area contributed by atoms with Crippen LogP contribution in [0.3, 0.4) is 0 Å². The van der Waals surface area contributed by atoms with Crippen LogP contribution in [0.5, 0.6) is 0 Å². The molecule has 1 rings (SSSR count). The minimum Gasteiger partial charge on any atom is -0.463 e. The number of hydrogen-bond acceptors (Lipinski definition) is 4. The maximum absolute atomic E-state index is 11.6. The highest BCUT2D eigenvalue weighted by molar-refractivity contribution is 7.99. The van der Waals surface area contributed by atoms with E-state index in [0.717, 1.165) is 24.5 Å². The summed E-state index contributed by atoms with van der Waals surface area (Å²) in [5.74, 6) is 2.68. The molecule has 1 aliphatic rings. The molecule has 1 saturated heterocycles. The lowest BCUT2D eigenvalue weighted by Crippen LogP contribution is -2.39. The van der Waals surface area contributed by atoms with Crippen LogP contribution in [0, 0.1) is 5.92 Å². The second-order valence-corrected chi connectivity index (χ2v) is 6.01. The molecule has 94 valence electrons. The number of carbonyl (C=O) groups is 1. The molecule has 3 nitrogen and oxygen atoms in total. The minimum atomic E-state index is -0.0619. The Balaban J connectivity index is 2.18. The van der Waals surface area contributed by atoms with Crippen molar-refractivity contribution in [3.05, 3.63) is 0 Å². The third kappa shape index (κ3) is 5.75. The zero-order valence-electron chi connectivity index (χ0n) is 10.5. The average molecular weight is 245 g/mol. The summed E-state index contributed by atoms with van der Waals surface area (Å²) in [4.78, 5) is 11.6. The summed E-state index contributed by atoms with van der Waals surface area (Å²) in [6.07, 6.45) is 1.50. The molecular weight excluding hydrogens is 222 g/mol. The standard InChI is InChI=1S/C12H23NO2S/c1-9(2)6-10(3)15-12(14)7-11-8-16-5-4-13-11/h9-11,13H,4-8H2,1-3H3. The SMILES string of the molecule is CC(C)CC(C)OC(=O)CC1CSCCN1. The molecule has 1 aliphatic heterocycles. The van der Waals surface area contributed by atoms with E-state index in [0.29, 0.717) is 18.4 Å². The highest BCUT2D eigenvalue weighted by atomic mass is 32.2. The topological polar surface area (TPSA) is 38.3 Å². The monoisotopic (exact) mass is 245 g/mol. The van der Waals surface area contributed by atoms with Crippen molar-refractivity contribution in [3.8, 4) is 0 Å². The molecule has 0 aliphatic carbocycles. The van der Waals surface area contributed by atoms with E-state index >= 15 is 0 Å². The normalized spacial score (nSPS) is 23.1. The number of nitrogens with one attached hydrogen (secondary N) is 1. The smallest absolute Gasteiger partial charge is 0.307 e. The lowest BCUT2D eigenvalue weighted by atomic mass is 10.1. The summed E-state index contributed by atoms with van der Waals surface area (Å²) in [5, 5.41) is 3.34. The van der Waals surface area contributed by atoms with E-state index < -0.39 is 0 Å². The van der Waals surface area contributed by atoms with Crippen molar-refractivity contribution < 1.29 is 9.53 Å². The second kappa shape index (κ2) is 7.17. The highest BCUT2D eigenvalue weighted by Crippen LogP contribution is 2.13. The third-order valence-corrected chi connectivity index (χ3v) is 3.68. The largest absolute Gasteiger partial charge is 0.463 e. The first kappa shape index (κ1) is 13.8. The predicted octanol–water partition coefficient (Wildman–Crippen LogP) is 2.06. The lowest BCUT2D eigenvalue weighted by Gasteiger charge is -2.23. The number of rotatable bonds is 5. The van der Waals surface area contributed by atoms with Crippen LogP contribution in [0.15, 0.2) is 0 Å². The molecule has 1 heterocycles. The average Bonchev–Trinajstić information content (AvgIpc) is 2.17. The minimum absolute atomic E-state index is 0.0451. The number of hydrogen-bond donors (Lipinski definition) is 1. The number of esters is 1. The van der Waals surface area contributed by atoms with Gasteiger partial charge in [-0.1, -0.05) is 13.8 Å². The van der Waals surface area contributed by atoms with Crippen LogP contribution in [0.2, 0.25) is 0 Å². The van der Waals surface area contributed by atoms with Gasteiger partial charge < -0.3 is 10.1 Å². The van der Waals surface area contributed by atoms with Crippen LogP contribution in [0.25, 0.3) is 0 Å². The van der Waals surface area contributed by atoms with Crippen molar-refractivity contribution in [2.75, 3.05) is 18.1 Å². The van der Waals surface area contributed by atoms with Gasteiger partial charge in [-0.3, -0.25) is 4.79 Å². The third-order valence-electron chi connectivity index (χ3n) is 2.55. The molecule has 16 heavy (non-hydrogen) atoms. The van der Waals surface area contributed by atoms with Crippen molar-refractivity contribution in [1.29, 1.82) is 0 Å². The van der Waals surface area contributed by atoms with Gasteiger partial charge in [0, 0.05) is 24.1 Å². The molecule has 0 bridgehead atoms. The molecule has 0 aromatic heterocycles. The maximum Gasteiger partial charge on any atom is 0.307 e. The first-order valence-corrected chi connectivity index (χ1v) is 7.24. The Kier molecular flexibility index (Phi) is 6.21. The number of thioether (sulfide) groups is 1. The first-order valence-electron chi connectivity index (χ1n) is 6.08. The van der Waals surface area contributed by atoms with E-state index in [4.69, 9.17) is 4.74 Å². The van der Waals surface area contributed by atoms with Gasteiger partial charge >= 0.3 is 5.97 Å². The quantitative estimate of drug-likeness (QED) is 0.753. The van der Waals surface area contributed by atoms with Crippen LogP contribution in [0.1, 0.15) is 33.6 Å². The Hall–Kier alpha value is -0.220. The zero-order chi connectivity index (χ0) is 12.0. The second-order valence-electron chi connectivity index (χ2n) is 4.86. The fourth-order valence-electron chi connectivity index (χ4n) is 1.94. The fourth-order valence-corrected chi connectivity index (χ4v) is 2.89. The van der Waals surface area contributed by atoms with Gasteiger partial charge in [0.15, 0.2) is 0 Å². The summed E-state index contributed by atoms with van der Waals surface area (Å²) in [6, 6.07) is 0.303. The summed E-state index contributed by atoms with van der Waals surface area (Å²) < 4.78 is 5.38. The Morgan fingerprint density at radius 2 is 2.25 bits per heavy atom. The summed E-state index contributed by atoms with van der Waals surface area (Å²) >= 11 is 1.90. The van der Waals surface area contributed by atoms with Crippen molar-refractivity contribution in [3.63, 3.8) is 0 Å². The van der Waals surface area contributed by atoms with Crippen LogP contribution in [0.4, 0.5) is 0 Å². The van der Waals surface area contributed by atoms with E-state index in [1.165, 1.54) is 0 Å². The Labute approximate surface area is 103 Å². The molecule has 1 N–H and O–H groups in total.